The Bertz CT molecular complexity index is 3810. The van der Waals surface area contributed by atoms with Crippen LogP contribution >= 0.6 is 0 Å². The largest absolute Gasteiger partial charge is 0.310 e. The van der Waals surface area contributed by atoms with Crippen molar-refractivity contribution in [2.24, 2.45) is 0 Å². The molecule has 0 amide bonds. The van der Waals surface area contributed by atoms with Gasteiger partial charge >= 0.3 is 0 Å². The van der Waals surface area contributed by atoms with Crippen LogP contribution in [0.25, 0.3) is 77.2 Å². The second kappa shape index (κ2) is 17.9. The Hall–Kier alpha value is -9.38. The van der Waals surface area contributed by atoms with Crippen LogP contribution in [0.3, 0.4) is 0 Å². The van der Waals surface area contributed by atoms with E-state index in [1.54, 1.807) is 0 Å². The van der Waals surface area contributed by atoms with E-state index in [-0.39, 0.29) is 0 Å². The molecule has 0 atom stereocenters. The van der Waals surface area contributed by atoms with Gasteiger partial charge in [0.15, 0.2) is 0 Å². The Morgan fingerprint density at radius 1 is 0.250 bits per heavy atom. The van der Waals surface area contributed by atoms with Crippen LogP contribution in [0, 0.1) is 13.8 Å². The molecule has 0 fully saturated rings. The number of anilines is 6. The second-order valence-electron chi connectivity index (χ2n) is 18.9. The zero-order valence-electron chi connectivity index (χ0n) is 40.2. The molecule has 0 radical (unpaired) electrons. The highest BCUT2D eigenvalue weighted by Gasteiger charge is 2.21. The molecule has 0 unspecified atom stereocenters. The van der Waals surface area contributed by atoms with Crippen molar-refractivity contribution in [1.29, 1.82) is 0 Å². The molecule has 4 nitrogen and oxygen atoms in total. The molecule has 72 heavy (non-hydrogen) atoms. The Labute approximate surface area is 420 Å². The summed E-state index contributed by atoms with van der Waals surface area (Å²) in [7, 11) is 0. The van der Waals surface area contributed by atoms with Gasteiger partial charge in [-0.05, 0) is 168 Å². The first-order valence-electron chi connectivity index (χ1n) is 24.7. The van der Waals surface area contributed by atoms with Crippen molar-refractivity contribution in [2.45, 2.75) is 13.8 Å². The van der Waals surface area contributed by atoms with Gasteiger partial charge in [0.05, 0.1) is 22.4 Å². The molecule has 0 aliphatic rings. The lowest BCUT2D eigenvalue weighted by Gasteiger charge is -2.26. The van der Waals surface area contributed by atoms with Gasteiger partial charge in [-0.25, -0.2) is 0 Å². The van der Waals surface area contributed by atoms with E-state index in [9.17, 15) is 0 Å². The number of hydrogen-bond donors (Lipinski definition) is 0. The molecule has 0 bridgehead atoms. The first-order valence-corrected chi connectivity index (χ1v) is 24.7. The van der Waals surface area contributed by atoms with Gasteiger partial charge in [-0.15, -0.1) is 0 Å². The third kappa shape index (κ3) is 7.76. The van der Waals surface area contributed by atoms with Crippen LogP contribution in [0.15, 0.2) is 267 Å². The van der Waals surface area contributed by atoms with Gasteiger partial charge in [-0.2, -0.15) is 0 Å². The summed E-state index contributed by atoms with van der Waals surface area (Å²) in [4.78, 5) is 4.69. The monoisotopic (exact) mass is 922 g/mol. The molecule has 13 rings (SSSR count). The van der Waals surface area contributed by atoms with Gasteiger partial charge in [-0.1, -0.05) is 157 Å². The Balaban J connectivity index is 0.957. The van der Waals surface area contributed by atoms with E-state index >= 15 is 0 Å². The van der Waals surface area contributed by atoms with Gasteiger partial charge in [0.2, 0.25) is 0 Å². The summed E-state index contributed by atoms with van der Waals surface area (Å²) < 4.78 is 4.88. The minimum atomic E-state index is 1.09. The highest BCUT2D eigenvalue weighted by atomic mass is 15.1. The third-order valence-corrected chi connectivity index (χ3v) is 14.2. The predicted molar refractivity (Wildman–Crippen MR) is 305 cm³/mol. The van der Waals surface area contributed by atoms with Crippen molar-refractivity contribution < 1.29 is 0 Å². The standard InChI is InChI=1S/C68H50N4/c1-47-21-25-51(26-22-47)65-43-55-45-68-56(46-67(55)71(65)61-37-33-59(34-38-61)69(57-17-5-3-6-18-57)63-31-29-49-13-9-11-15-53(49)41-63)44-66(52-27-23-48(2)24-28-52)72(68)62-39-35-60(36-40-62)70(58-19-7-4-8-20-58)64-32-30-50-14-10-12-16-54(50)42-64/h3-46H,1-2H3. The molecule has 0 saturated carbocycles. The summed E-state index contributed by atoms with van der Waals surface area (Å²) in [6.07, 6.45) is 0. The summed E-state index contributed by atoms with van der Waals surface area (Å²) in [6, 6.07) is 97.4. The number of aromatic nitrogens is 2. The fourth-order valence-electron chi connectivity index (χ4n) is 10.5. The first-order chi connectivity index (χ1) is 35.5. The average Bonchev–Trinajstić information content (AvgIpc) is 4.00. The van der Waals surface area contributed by atoms with E-state index in [0.29, 0.717) is 0 Å². The number of rotatable bonds is 10. The fraction of sp³-hybridized carbons (Fsp3) is 0.0294. The summed E-state index contributed by atoms with van der Waals surface area (Å²) in [5, 5.41) is 7.21. The van der Waals surface area contributed by atoms with Crippen molar-refractivity contribution >= 4 is 77.5 Å². The molecule has 0 N–H and O–H groups in total. The summed E-state index contributed by atoms with van der Waals surface area (Å²) in [6.45, 7) is 4.30. The minimum absolute atomic E-state index is 1.09. The number of para-hydroxylation sites is 2. The lowest BCUT2D eigenvalue weighted by Crippen LogP contribution is -2.10. The summed E-state index contributed by atoms with van der Waals surface area (Å²) in [5.74, 6) is 0. The minimum Gasteiger partial charge on any atom is -0.310 e. The van der Waals surface area contributed by atoms with Crippen LogP contribution in [0.1, 0.15) is 11.1 Å². The maximum absolute atomic E-state index is 2.44. The predicted octanol–water partition coefficient (Wildman–Crippen LogP) is 18.8. The van der Waals surface area contributed by atoms with E-state index in [0.717, 1.165) is 67.9 Å². The quantitative estimate of drug-likeness (QED) is 0.136. The molecular formula is C68H50N4. The zero-order chi connectivity index (χ0) is 48.1. The van der Waals surface area contributed by atoms with Gasteiger partial charge in [0, 0.05) is 56.3 Å². The van der Waals surface area contributed by atoms with Crippen LogP contribution in [-0.4, -0.2) is 9.13 Å². The number of aryl methyl sites for hydroxylation is 2. The normalized spacial score (nSPS) is 11.5. The number of fused-ring (bicyclic) bond motifs is 4. The Kier molecular flexibility index (Phi) is 10.6. The lowest BCUT2D eigenvalue weighted by molar-refractivity contribution is 1.13. The molecule has 13 aromatic rings. The molecule has 0 aliphatic heterocycles. The fourth-order valence-corrected chi connectivity index (χ4v) is 10.5. The maximum atomic E-state index is 2.44. The lowest BCUT2D eigenvalue weighted by atomic mass is 10.1. The smallest absolute Gasteiger partial charge is 0.0542 e. The van der Waals surface area contributed by atoms with Gasteiger partial charge in [-0.3, -0.25) is 0 Å². The molecule has 342 valence electrons. The van der Waals surface area contributed by atoms with Crippen LogP contribution in [-0.2, 0) is 0 Å². The van der Waals surface area contributed by atoms with Crippen molar-refractivity contribution in [3.8, 4) is 33.9 Å². The molecule has 0 aliphatic carbocycles. The van der Waals surface area contributed by atoms with Gasteiger partial charge < -0.3 is 18.9 Å². The van der Waals surface area contributed by atoms with Crippen molar-refractivity contribution in [3.63, 3.8) is 0 Å². The van der Waals surface area contributed by atoms with E-state index in [2.05, 4.69) is 300 Å². The molecule has 0 saturated heterocycles. The second-order valence-corrected chi connectivity index (χ2v) is 18.9. The number of hydrogen-bond acceptors (Lipinski definition) is 2. The maximum Gasteiger partial charge on any atom is 0.0542 e. The van der Waals surface area contributed by atoms with Gasteiger partial charge in [0.1, 0.15) is 0 Å². The van der Waals surface area contributed by atoms with Crippen molar-refractivity contribution in [2.75, 3.05) is 9.80 Å². The number of nitrogens with zero attached hydrogens (tertiary/aromatic N) is 4. The molecule has 11 aromatic carbocycles. The average molecular weight is 923 g/mol. The van der Waals surface area contributed by atoms with E-state index in [4.69, 9.17) is 0 Å². The van der Waals surface area contributed by atoms with Gasteiger partial charge in [0.25, 0.3) is 0 Å². The Morgan fingerprint density at radius 3 is 0.972 bits per heavy atom. The topological polar surface area (TPSA) is 16.3 Å². The van der Waals surface area contributed by atoms with Crippen LogP contribution < -0.4 is 9.80 Å². The van der Waals surface area contributed by atoms with E-state index < -0.39 is 0 Å². The Morgan fingerprint density at radius 2 is 0.583 bits per heavy atom. The van der Waals surface area contributed by atoms with E-state index in [1.165, 1.54) is 54.6 Å². The number of benzene rings is 11. The molecule has 2 aromatic heterocycles. The molecule has 0 spiro atoms. The highest BCUT2D eigenvalue weighted by Crippen LogP contribution is 2.42. The molecule has 2 heterocycles. The van der Waals surface area contributed by atoms with E-state index in [1.807, 2.05) is 0 Å². The first kappa shape index (κ1) is 42.7. The highest BCUT2D eigenvalue weighted by molar-refractivity contribution is 6.02. The van der Waals surface area contributed by atoms with Crippen LogP contribution in [0.5, 0.6) is 0 Å². The summed E-state index contributed by atoms with van der Waals surface area (Å²) in [5.41, 5.74) is 18.2. The van der Waals surface area contributed by atoms with Crippen LogP contribution in [0.2, 0.25) is 0 Å². The zero-order valence-corrected chi connectivity index (χ0v) is 40.2. The van der Waals surface area contributed by atoms with Crippen molar-refractivity contribution in [1.82, 2.24) is 9.13 Å². The SMILES string of the molecule is Cc1ccc(-c2cc3cc4c(cc(-c5ccc(C)cc5)n4-c4ccc(N(c5ccccc5)c5ccc6ccccc6c5)cc4)cc3n2-c2ccc(N(c3ccccc3)c3ccc4ccccc4c3)cc2)cc1. The summed E-state index contributed by atoms with van der Waals surface area (Å²) >= 11 is 0. The molecule has 4 heteroatoms. The molecular weight excluding hydrogens is 873 g/mol. The van der Waals surface area contributed by atoms with Crippen molar-refractivity contribution in [3.05, 3.63) is 278 Å². The van der Waals surface area contributed by atoms with Crippen LogP contribution in [0.4, 0.5) is 34.1 Å². The third-order valence-electron chi connectivity index (χ3n) is 14.2.